The van der Waals surface area contributed by atoms with Gasteiger partial charge in [0.05, 0.1) is 37.2 Å². The number of hydrogen-bond acceptors (Lipinski definition) is 6. The number of aromatic amines is 1. The Morgan fingerprint density at radius 3 is 2.74 bits per heavy atom. The van der Waals surface area contributed by atoms with Gasteiger partial charge in [-0.25, -0.2) is 4.79 Å². The van der Waals surface area contributed by atoms with E-state index in [-0.39, 0.29) is 17.6 Å². The number of urea groups is 1. The van der Waals surface area contributed by atoms with E-state index in [1.54, 1.807) is 38.5 Å². The van der Waals surface area contributed by atoms with E-state index in [9.17, 15) is 9.59 Å². The number of ether oxygens (including phenoxy) is 3. The first kappa shape index (κ1) is 25.1. The van der Waals surface area contributed by atoms with Crippen molar-refractivity contribution in [2.75, 3.05) is 33.2 Å². The number of anilines is 1. The highest BCUT2D eigenvalue weighted by Crippen LogP contribution is 2.39. The van der Waals surface area contributed by atoms with E-state index in [1.165, 1.54) is 7.05 Å². The Morgan fingerprint density at radius 2 is 2.00 bits per heavy atom. The first-order valence-corrected chi connectivity index (χ1v) is 12.1. The highest BCUT2D eigenvalue weighted by atomic mass is 16.5. The van der Waals surface area contributed by atoms with E-state index in [0.29, 0.717) is 35.9 Å². The number of carbonyl (C=O) groups excluding carboxylic acids is 2. The molecule has 4 aromatic rings. The Labute approximate surface area is 219 Å². The second kappa shape index (κ2) is 10.1. The average molecular weight is 516 g/mol. The minimum Gasteiger partial charge on any atom is -0.497 e. The molecule has 3 N–H and O–H groups in total. The number of fused-ring (bicyclic) bond motifs is 2. The SMILES string of the molecule is CNC(=O)Nc1ccc2c(c1)C(=O)/C(=C/c1c(-c3c(C)nn(CCOC)c3C)[nH]c3ccc(OC)cc13)O2. The predicted molar refractivity (Wildman–Crippen MR) is 145 cm³/mol. The minimum atomic E-state index is -0.374. The largest absolute Gasteiger partial charge is 0.497 e. The second-order valence-corrected chi connectivity index (χ2v) is 8.94. The zero-order valence-electron chi connectivity index (χ0n) is 21.9. The fourth-order valence-corrected chi connectivity index (χ4v) is 4.71. The first-order valence-electron chi connectivity index (χ1n) is 12.1. The van der Waals surface area contributed by atoms with Crippen molar-refractivity contribution in [3.8, 4) is 22.8 Å². The first-order chi connectivity index (χ1) is 18.3. The molecule has 3 heterocycles. The molecule has 0 unspecified atom stereocenters. The van der Waals surface area contributed by atoms with Crippen LogP contribution in [0.5, 0.6) is 11.5 Å². The summed E-state index contributed by atoms with van der Waals surface area (Å²) >= 11 is 0. The van der Waals surface area contributed by atoms with Crippen molar-refractivity contribution in [2.45, 2.75) is 20.4 Å². The van der Waals surface area contributed by atoms with E-state index in [4.69, 9.17) is 19.3 Å². The monoisotopic (exact) mass is 515 g/mol. The number of benzene rings is 2. The number of H-pyrrole nitrogens is 1. The number of allylic oxidation sites excluding steroid dienone is 1. The lowest BCUT2D eigenvalue weighted by Crippen LogP contribution is -2.24. The summed E-state index contributed by atoms with van der Waals surface area (Å²) in [5.41, 5.74) is 6.15. The number of Topliss-reactive ketones (excluding diaryl/α,β-unsaturated/α-hetero) is 1. The van der Waals surface area contributed by atoms with Gasteiger partial charge in [0, 0.05) is 47.6 Å². The molecule has 0 radical (unpaired) electrons. The van der Waals surface area contributed by atoms with Gasteiger partial charge in [-0.15, -0.1) is 0 Å². The van der Waals surface area contributed by atoms with Crippen LogP contribution in [-0.2, 0) is 11.3 Å². The van der Waals surface area contributed by atoms with Gasteiger partial charge in [0.1, 0.15) is 11.5 Å². The number of aromatic nitrogens is 3. The van der Waals surface area contributed by atoms with Gasteiger partial charge in [-0.3, -0.25) is 9.48 Å². The third-order valence-corrected chi connectivity index (χ3v) is 6.61. The number of amides is 2. The van der Waals surface area contributed by atoms with Crippen LogP contribution in [0.3, 0.4) is 0 Å². The number of ketones is 1. The van der Waals surface area contributed by atoms with Gasteiger partial charge in [-0.05, 0) is 56.3 Å². The Morgan fingerprint density at radius 1 is 1.18 bits per heavy atom. The number of carbonyl (C=O) groups is 2. The van der Waals surface area contributed by atoms with Gasteiger partial charge in [-0.2, -0.15) is 5.10 Å². The summed E-state index contributed by atoms with van der Waals surface area (Å²) < 4.78 is 18.6. The number of aryl methyl sites for hydroxylation is 1. The number of methoxy groups -OCH3 is 2. The van der Waals surface area contributed by atoms with Crippen molar-refractivity contribution >= 4 is 34.5 Å². The van der Waals surface area contributed by atoms with Crippen LogP contribution in [0.1, 0.15) is 27.3 Å². The predicted octanol–water partition coefficient (Wildman–Crippen LogP) is 4.67. The summed E-state index contributed by atoms with van der Waals surface area (Å²) in [4.78, 5) is 28.7. The zero-order valence-corrected chi connectivity index (χ0v) is 21.9. The Balaban J connectivity index is 1.63. The van der Waals surface area contributed by atoms with Crippen molar-refractivity contribution in [2.24, 2.45) is 0 Å². The third-order valence-electron chi connectivity index (χ3n) is 6.61. The smallest absolute Gasteiger partial charge is 0.318 e. The molecule has 0 bridgehead atoms. The van der Waals surface area contributed by atoms with E-state index >= 15 is 0 Å². The molecule has 10 nitrogen and oxygen atoms in total. The molecule has 0 spiro atoms. The lowest BCUT2D eigenvalue weighted by molar-refractivity contribution is 0.101. The van der Waals surface area contributed by atoms with Gasteiger partial charge in [-0.1, -0.05) is 0 Å². The maximum atomic E-state index is 13.4. The number of nitrogens with zero attached hydrogens (tertiary/aromatic N) is 2. The highest BCUT2D eigenvalue weighted by molar-refractivity contribution is 6.16. The molecule has 0 saturated carbocycles. The number of nitrogens with one attached hydrogen (secondary N) is 3. The second-order valence-electron chi connectivity index (χ2n) is 8.94. The van der Waals surface area contributed by atoms with Crippen molar-refractivity contribution in [1.82, 2.24) is 20.1 Å². The fourth-order valence-electron chi connectivity index (χ4n) is 4.71. The van der Waals surface area contributed by atoms with Crippen LogP contribution in [0.25, 0.3) is 28.2 Å². The fraction of sp³-hybridized carbons (Fsp3) is 0.250. The Bertz CT molecular complexity index is 1600. The van der Waals surface area contributed by atoms with E-state index < -0.39 is 0 Å². The summed E-state index contributed by atoms with van der Waals surface area (Å²) in [6.07, 6.45) is 1.76. The molecule has 10 heteroatoms. The molecule has 196 valence electrons. The molecule has 38 heavy (non-hydrogen) atoms. The number of hydrogen-bond donors (Lipinski definition) is 3. The molecule has 2 amide bonds. The minimum absolute atomic E-state index is 0.184. The quantitative estimate of drug-likeness (QED) is 0.308. The lowest BCUT2D eigenvalue weighted by Gasteiger charge is -2.06. The Hall–Kier alpha value is -4.57. The van der Waals surface area contributed by atoms with Gasteiger partial charge in [0.15, 0.2) is 5.76 Å². The normalized spacial score (nSPS) is 13.6. The summed E-state index contributed by atoms with van der Waals surface area (Å²) in [6, 6.07) is 10.4. The van der Waals surface area contributed by atoms with Gasteiger partial charge < -0.3 is 29.8 Å². The maximum absolute atomic E-state index is 13.4. The third kappa shape index (κ3) is 4.39. The van der Waals surface area contributed by atoms with Crippen LogP contribution < -0.4 is 20.1 Å². The van der Waals surface area contributed by atoms with E-state index in [2.05, 4.69) is 15.6 Å². The summed E-state index contributed by atoms with van der Waals surface area (Å²) in [7, 11) is 4.80. The van der Waals surface area contributed by atoms with Crippen LogP contribution in [0.15, 0.2) is 42.2 Å². The van der Waals surface area contributed by atoms with Crippen molar-refractivity contribution in [1.29, 1.82) is 0 Å². The summed E-state index contributed by atoms with van der Waals surface area (Å²) in [5.74, 6) is 1.04. The van der Waals surface area contributed by atoms with E-state index in [0.717, 1.165) is 39.1 Å². The van der Waals surface area contributed by atoms with Gasteiger partial charge in [0.25, 0.3) is 0 Å². The topological polar surface area (TPSA) is 120 Å². The molecular weight excluding hydrogens is 486 g/mol. The van der Waals surface area contributed by atoms with Crippen LogP contribution in [-0.4, -0.2) is 54.5 Å². The Kier molecular flexibility index (Phi) is 6.64. The standard InChI is InChI=1S/C28H29N5O5/c1-15-25(16(2)33(32-15)10-11-36-4)26-20(19-13-18(37-5)7-8-22(19)31-26)14-24-27(34)21-12-17(30-28(35)29-3)6-9-23(21)38-24/h6-9,12-14,31H,10-11H2,1-5H3,(H2,29,30,35)/b24-14-. The van der Waals surface area contributed by atoms with E-state index in [1.807, 2.05) is 36.7 Å². The van der Waals surface area contributed by atoms with Crippen molar-refractivity contribution < 1.29 is 23.8 Å². The molecule has 0 atom stereocenters. The number of rotatable bonds is 7. The molecule has 0 fully saturated rings. The van der Waals surface area contributed by atoms with Crippen LogP contribution >= 0.6 is 0 Å². The molecular formula is C28H29N5O5. The molecule has 1 aliphatic rings. The van der Waals surface area contributed by atoms with Crippen LogP contribution in [0, 0.1) is 13.8 Å². The van der Waals surface area contributed by atoms with Crippen LogP contribution in [0.2, 0.25) is 0 Å². The zero-order chi connectivity index (χ0) is 27.0. The highest BCUT2D eigenvalue weighted by Gasteiger charge is 2.29. The maximum Gasteiger partial charge on any atom is 0.318 e. The molecule has 0 aliphatic carbocycles. The lowest BCUT2D eigenvalue weighted by atomic mass is 10.0. The van der Waals surface area contributed by atoms with Crippen LogP contribution in [0.4, 0.5) is 10.5 Å². The molecule has 1 aliphatic heterocycles. The summed E-state index contributed by atoms with van der Waals surface area (Å²) in [6.45, 7) is 5.14. The molecule has 0 saturated heterocycles. The van der Waals surface area contributed by atoms with Crippen molar-refractivity contribution in [3.05, 3.63) is 64.7 Å². The molecule has 5 rings (SSSR count). The van der Waals surface area contributed by atoms with Crippen molar-refractivity contribution in [3.63, 3.8) is 0 Å². The van der Waals surface area contributed by atoms with Gasteiger partial charge >= 0.3 is 6.03 Å². The average Bonchev–Trinajstić information content (AvgIpc) is 3.52. The summed E-state index contributed by atoms with van der Waals surface area (Å²) in [5, 5.41) is 10.8. The molecule has 2 aromatic heterocycles. The van der Waals surface area contributed by atoms with Gasteiger partial charge in [0.2, 0.25) is 5.78 Å². The molecule has 2 aromatic carbocycles.